The van der Waals surface area contributed by atoms with Crippen molar-refractivity contribution >= 4 is 0 Å². The highest BCUT2D eigenvalue weighted by molar-refractivity contribution is 5.25. The molecule has 0 heterocycles. The Hall–Kier alpha value is -1.06. The Labute approximate surface area is 116 Å². The van der Waals surface area contributed by atoms with E-state index in [9.17, 15) is 10.2 Å². The van der Waals surface area contributed by atoms with Crippen molar-refractivity contribution < 1.29 is 10.2 Å². The number of aliphatic hydroxyl groups is 1. The van der Waals surface area contributed by atoms with E-state index in [-0.39, 0.29) is 6.10 Å². The van der Waals surface area contributed by atoms with Crippen molar-refractivity contribution in [3.8, 4) is 5.75 Å². The Bertz CT molecular complexity index is 348. The Kier molecular flexibility index (Phi) is 6.89. The molecule has 108 valence electrons. The summed E-state index contributed by atoms with van der Waals surface area (Å²) >= 11 is 0. The second-order valence-corrected chi connectivity index (χ2v) is 5.80. The number of nitrogens with one attached hydrogen (secondary N) is 1. The fraction of sp³-hybridized carbons (Fsp3) is 0.625. The van der Waals surface area contributed by atoms with E-state index in [1.165, 1.54) is 5.56 Å². The molecule has 2 unspecified atom stereocenters. The van der Waals surface area contributed by atoms with Crippen LogP contribution in [0.5, 0.6) is 5.75 Å². The third-order valence-corrected chi connectivity index (χ3v) is 3.25. The number of aliphatic hydroxyl groups excluding tert-OH is 1. The maximum atomic E-state index is 9.79. The molecule has 3 N–H and O–H groups in total. The third-order valence-electron chi connectivity index (χ3n) is 3.25. The molecular weight excluding hydrogens is 238 g/mol. The largest absolute Gasteiger partial charge is 0.508 e. The number of benzene rings is 1. The van der Waals surface area contributed by atoms with Crippen LogP contribution >= 0.6 is 0 Å². The van der Waals surface area contributed by atoms with E-state index < -0.39 is 0 Å². The Balaban J connectivity index is 2.20. The van der Waals surface area contributed by atoms with Gasteiger partial charge >= 0.3 is 0 Å². The van der Waals surface area contributed by atoms with Gasteiger partial charge < -0.3 is 15.5 Å². The lowest BCUT2D eigenvalue weighted by molar-refractivity contribution is 0.142. The van der Waals surface area contributed by atoms with Gasteiger partial charge in [0.2, 0.25) is 0 Å². The molecule has 3 heteroatoms. The minimum absolute atomic E-state index is 0.254. The van der Waals surface area contributed by atoms with Gasteiger partial charge in [0.05, 0.1) is 6.10 Å². The van der Waals surface area contributed by atoms with Crippen molar-refractivity contribution in [1.82, 2.24) is 5.32 Å². The predicted octanol–water partition coefficient (Wildman–Crippen LogP) is 2.71. The summed E-state index contributed by atoms with van der Waals surface area (Å²) in [6.45, 7) is 7.05. The molecule has 1 rings (SSSR count). The van der Waals surface area contributed by atoms with Gasteiger partial charge in [-0.25, -0.2) is 0 Å². The van der Waals surface area contributed by atoms with Crippen LogP contribution in [0.15, 0.2) is 24.3 Å². The van der Waals surface area contributed by atoms with E-state index in [1.54, 1.807) is 12.1 Å². The number of hydrogen-bond donors (Lipinski definition) is 3. The number of rotatable bonds is 8. The SMILES string of the molecule is CC(C)CC(O)CNC(C)CCc1ccc(O)cc1. The molecule has 0 aliphatic rings. The van der Waals surface area contributed by atoms with E-state index in [4.69, 9.17) is 0 Å². The van der Waals surface area contributed by atoms with Gasteiger partial charge in [-0.1, -0.05) is 26.0 Å². The zero-order valence-corrected chi connectivity index (χ0v) is 12.3. The first kappa shape index (κ1) is 16.0. The van der Waals surface area contributed by atoms with Crippen LogP contribution in [-0.4, -0.2) is 28.9 Å². The highest BCUT2D eigenvalue weighted by Crippen LogP contribution is 2.12. The summed E-state index contributed by atoms with van der Waals surface area (Å²) in [5.74, 6) is 0.843. The first-order valence-corrected chi connectivity index (χ1v) is 7.16. The van der Waals surface area contributed by atoms with Gasteiger partial charge in [-0.15, -0.1) is 0 Å². The second kappa shape index (κ2) is 8.18. The first-order chi connectivity index (χ1) is 8.97. The van der Waals surface area contributed by atoms with Gasteiger partial charge in [-0.2, -0.15) is 0 Å². The van der Waals surface area contributed by atoms with Crippen LogP contribution in [0.25, 0.3) is 0 Å². The average molecular weight is 265 g/mol. The third kappa shape index (κ3) is 7.19. The summed E-state index contributed by atoms with van der Waals surface area (Å²) in [4.78, 5) is 0. The van der Waals surface area contributed by atoms with Crippen LogP contribution < -0.4 is 5.32 Å². The number of aromatic hydroxyl groups is 1. The average Bonchev–Trinajstić information content (AvgIpc) is 2.35. The van der Waals surface area contributed by atoms with Crippen molar-refractivity contribution in [3.05, 3.63) is 29.8 Å². The highest BCUT2D eigenvalue weighted by Gasteiger charge is 2.09. The van der Waals surface area contributed by atoms with Crippen LogP contribution in [0.1, 0.15) is 39.2 Å². The van der Waals surface area contributed by atoms with Crippen molar-refractivity contribution in [1.29, 1.82) is 0 Å². The molecule has 0 radical (unpaired) electrons. The monoisotopic (exact) mass is 265 g/mol. The molecule has 19 heavy (non-hydrogen) atoms. The van der Waals surface area contributed by atoms with Gasteiger partial charge in [-0.3, -0.25) is 0 Å². The summed E-state index contributed by atoms with van der Waals surface area (Å²) in [5, 5.41) is 22.4. The molecule has 0 spiro atoms. The molecule has 0 bridgehead atoms. The van der Waals surface area contributed by atoms with Gasteiger partial charge in [-0.05, 0) is 49.8 Å². The number of phenolic OH excluding ortho intramolecular Hbond substituents is 1. The number of hydrogen-bond acceptors (Lipinski definition) is 3. The lowest BCUT2D eigenvalue weighted by atomic mass is 10.0. The van der Waals surface area contributed by atoms with Gasteiger partial charge in [0.15, 0.2) is 0 Å². The smallest absolute Gasteiger partial charge is 0.115 e. The quantitative estimate of drug-likeness (QED) is 0.677. The van der Waals surface area contributed by atoms with Crippen LogP contribution in [0.3, 0.4) is 0 Å². The molecular formula is C16H27NO2. The maximum Gasteiger partial charge on any atom is 0.115 e. The van der Waals surface area contributed by atoms with E-state index >= 15 is 0 Å². The second-order valence-electron chi connectivity index (χ2n) is 5.80. The summed E-state index contributed by atoms with van der Waals surface area (Å²) < 4.78 is 0. The fourth-order valence-electron chi connectivity index (χ4n) is 2.11. The Morgan fingerprint density at radius 1 is 1.11 bits per heavy atom. The molecule has 0 aliphatic carbocycles. The van der Waals surface area contributed by atoms with Gasteiger partial charge in [0, 0.05) is 12.6 Å². The van der Waals surface area contributed by atoms with Crippen molar-refractivity contribution in [2.45, 2.75) is 52.2 Å². The summed E-state index contributed by atoms with van der Waals surface area (Å²) in [7, 11) is 0. The molecule has 0 amide bonds. The van der Waals surface area contributed by atoms with Crippen LogP contribution in [-0.2, 0) is 6.42 Å². The van der Waals surface area contributed by atoms with E-state index in [0.29, 0.717) is 24.3 Å². The standard InChI is InChI=1S/C16H27NO2/c1-12(2)10-16(19)11-17-13(3)4-5-14-6-8-15(18)9-7-14/h6-9,12-13,16-19H,4-5,10-11H2,1-3H3. The fourth-order valence-corrected chi connectivity index (χ4v) is 2.11. The summed E-state index contributed by atoms with van der Waals surface area (Å²) in [6.07, 6.45) is 2.60. The van der Waals surface area contributed by atoms with Crippen molar-refractivity contribution in [2.75, 3.05) is 6.54 Å². The molecule has 0 aromatic heterocycles. The Morgan fingerprint density at radius 3 is 2.32 bits per heavy atom. The molecule has 0 fully saturated rings. The summed E-state index contributed by atoms with van der Waals surface area (Å²) in [5.41, 5.74) is 1.23. The zero-order valence-electron chi connectivity index (χ0n) is 12.3. The zero-order chi connectivity index (χ0) is 14.3. The first-order valence-electron chi connectivity index (χ1n) is 7.16. The number of phenols is 1. The normalized spacial score (nSPS) is 14.6. The van der Waals surface area contributed by atoms with Gasteiger partial charge in [0.1, 0.15) is 5.75 Å². The summed E-state index contributed by atoms with van der Waals surface area (Å²) in [6, 6.07) is 7.74. The van der Waals surface area contributed by atoms with E-state index in [2.05, 4.69) is 26.1 Å². The topological polar surface area (TPSA) is 52.5 Å². The molecule has 0 aliphatic heterocycles. The molecule has 1 aromatic rings. The van der Waals surface area contributed by atoms with Crippen molar-refractivity contribution in [3.63, 3.8) is 0 Å². The lowest BCUT2D eigenvalue weighted by Gasteiger charge is -2.18. The molecule has 3 nitrogen and oxygen atoms in total. The molecule has 1 aromatic carbocycles. The minimum Gasteiger partial charge on any atom is -0.508 e. The highest BCUT2D eigenvalue weighted by atomic mass is 16.3. The Morgan fingerprint density at radius 2 is 1.74 bits per heavy atom. The molecule has 0 saturated heterocycles. The van der Waals surface area contributed by atoms with Crippen LogP contribution in [0, 0.1) is 5.92 Å². The van der Waals surface area contributed by atoms with Crippen LogP contribution in [0.4, 0.5) is 0 Å². The molecule has 2 atom stereocenters. The van der Waals surface area contributed by atoms with E-state index in [0.717, 1.165) is 19.3 Å². The predicted molar refractivity (Wildman–Crippen MR) is 79.4 cm³/mol. The van der Waals surface area contributed by atoms with Crippen molar-refractivity contribution in [2.24, 2.45) is 5.92 Å². The lowest BCUT2D eigenvalue weighted by Crippen LogP contribution is -2.34. The van der Waals surface area contributed by atoms with Gasteiger partial charge in [0.25, 0.3) is 0 Å². The van der Waals surface area contributed by atoms with E-state index in [1.807, 2.05) is 12.1 Å². The minimum atomic E-state index is -0.254. The molecule has 0 saturated carbocycles. The van der Waals surface area contributed by atoms with Crippen LogP contribution in [0.2, 0.25) is 0 Å². The maximum absolute atomic E-state index is 9.79. The number of aryl methyl sites for hydroxylation is 1.